The molecule has 0 N–H and O–H groups in total. The maximum atomic E-state index is 13.1. The van der Waals surface area contributed by atoms with Crippen molar-refractivity contribution in [3.8, 4) is 0 Å². The molecule has 3 heterocycles. The van der Waals surface area contributed by atoms with Gasteiger partial charge in [-0.05, 0) is 43.9 Å². The molecule has 0 saturated carbocycles. The van der Waals surface area contributed by atoms with Crippen LogP contribution in [0.25, 0.3) is 0 Å². The molecule has 1 atom stereocenters. The van der Waals surface area contributed by atoms with Gasteiger partial charge in [0.1, 0.15) is 6.04 Å². The second-order valence-electron chi connectivity index (χ2n) is 7.31. The highest BCUT2D eigenvalue weighted by Gasteiger charge is 2.34. The van der Waals surface area contributed by atoms with Gasteiger partial charge < -0.3 is 19.1 Å². The number of methoxy groups -OCH3 is 1. The molecule has 2 aliphatic rings. The summed E-state index contributed by atoms with van der Waals surface area (Å²) in [4.78, 5) is 21.7. The Morgan fingerprint density at radius 1 is 1.29 bits per heavy atom. The van der Waals surface area contributed by atoms with Crippen LogP contribution in [-0.4, -0.2) is 54.3 Å². The van der Waals surface area contributed by atoms with E-state index in [-0.39, 0.29) is 11.9 Å². The average molecular weight is 405 g/mol. The van der Waals surface area contributed by atoms with Crippen molar-refractivity contribution in [1.29, 1.82) is 0 Å². The van der Waals surface area contributed by atoms with Crippen molar-refractivity contribution < 1.29 is 14.1 Å². The lowest BCUT2D eigenvalue weighted by Crippen LogP contribution is -2.31. The number of carbonyl (C=O) groups excluding carboxylic acids is 1. The normalized spacial score (nSPS) is 19.6. The highest BCUT2D eigenvalue weighted by Crippen LogP contribution is 2.34. The van der Waals surface area contributed by atoms with E-state index < -0.39 is 0 Å². The van der Waals surface area contributed by atoms with E-state index in [1.807, 2.05) is 17.0 Å². The topological polar surface area (TPSA) is 71.7 Å². The molecule has 2 fully saturated rings. The summed E-state index contributed by atoms with van der Waals surface area (Å²) in [5.74, 6) is 1.06. The number of rotatable bonds is 6. The summed E-state index contributed by atoms with van der Waals surface area (Å²) in [6.07, 6.45) is 4.68. The summed E-state index contributed by atoms with van der Waals surface area (Å²) >= 11 is 6.50. The van der Waals surface area contributed by atoms with Crippen LogP contribution >= 0.6 is 11.6 Å². The Hall–Kier alpha value is -2.12. The molecule has 0 unspecified atom stereocenters. The van der Waals surface area contributed by atoms with Gasteiger partial charge in [0.25, 0.3) is 5.91 Å². The molecule has 2 aromatic rings. The van der Waals surface area contributed by atoms with E-state index in [1.54, 1.807) is 13.2 Å². The maximum Gasteiger partial charge on any atom is 0.254 e. The number of halogens is 1. The molecule has 4 rings (SSSR count). The summed E-state index contributed by atoms with van der Waals surface area (Å²) in [6.45, 7) is 3.24. The van der Waals surface area contributed by atoms with E-state index in [9.17, 15) is 4.79 Å². The predicted molar refractivity (Wildman–Crippen MR) is 106 cm³/mol. The number of anilines is 1. The van der Waals surface area contributed by atoms with E-state index >= 15 is 0 Å². The Bertz CT molecular complexity index is 835. The molecular weight excluding hydrogens is 380 g/mol. The summed E-state index contributed by atoms with van der Waals surface area (Å²) in [7, 11) is 1.64. The van der Waals surface area contributed by atoms with Crippen LogP contribution in [0.1, 0.15) is 53.8 Å². The fourth-order valence-electron chi connectivity index (χ4n) is 3.98. The molecular formula is C20H25ClN4O3. The van der Waals surface area contributed by atoms with Crippen molar-refractivity contribution in [2.24, 2.45) is 0 Å². The Morgan fingerprint density at radius 2 is 2.11 bits per heavy atom. The molecule has 8 heteroatoms. The van der Waals surface area contributed by atoms with E-state index in [0.29, 0.717) is 41.9 Å². The molecule has 0 spiro atoms. The first-order valence-electron chi connectivity index (χ1n) is 9.84. The molecule has 1 amide bonds. The van der Waals surface area contributed by atoms with Gasteiger partial charge >= 0.3 is 0 Å². The van der Waals surface area contributed by atoms with Crippen molar-refractivity contribution in [3.05, 3.63) is 40.5 Å². The summed E-state index contributed by atoms with van der Waals surface area (Å²) < 4.78 is 10.5. The first kappa shape index (κ1) is 19.2. The van der Waals surface area contributed by atoms with Crippen LogP contribution in [0, 0.1) is 0 Å². The van der Waals surface area contributed by atoms with Crippen LogP contribution in [0.4, 0.5) is 5.69 Å². The van der Waals surface area contributed by atoms with Gasteiger partial charge in [0, 0.05) is 38.7 Å². The molecule has 0 radical (unpaired) electrons. The van der Waals surface area contributed by atoms with Crippen LogP contribution < -0.4 is 4.90 Å². The lowest BCUT2D eigenvalue weighted by atomic mass is 10.1. The van der Waals surface area contributed by atoms with Crippen LogP contribution in [-0.2, 0) is 11.2 Å². The minimum atomic E-state index is -0.187. The van der Waals surface area contributed by atoms with Crippen molar-refractivity contribution in [3.63, 3.8) is 0 Å². The van der Waals surface area contributed by atoms with Crippen LogP contribution in [0.5, 0.6) is 0 Å². The zero-order valence-electron chi connectivity index (χ0n) is 16.1. The smallest absolute Gasteiger partial charge is 0.254 e. The van der Waals surface area contributed by atoms with Crippen molar-refractivity contribution in [1.82, 2.24) is 15.0 Å². The number of likely N-dealkylation sites (tertiary alicyclic amines) is 1. The number of aromatic nitrogens is 2. The standard InChI is InChI=1S/C20H25ClN4O3/c1-27-12-8-18-22-19(28-23-18)17-5-4-11-25(17)20(26)14-6-7-16(15(21)13-14)24-9-2-3-10-24/h6-7,13,17H,2-5,8-12H2,1H3/t17-/m0/s1. The van der Waals surface area contributed by atoms with Gasteiger partial charge in [0.15, 0.2) is 5.82 Å². The van der Waals surface area contributed by atoms with Crippen LogP contribution in [0.3, 0.4) is 0 Å². The average Bonchev–Trinajstić information content (AvgIpc) is 3.46. The van der Waals surface area contributed by atoms with Gasteiger partial charge in [-0.15, -0.1) is 0 Å². The Balaban J connectivity index is 1.50. The zero-order chi connectivity index (χ0) is 19.5. The summed E-state index contributed by atoms with van der Waals surface area (Å²) in [5.41, 5.74) is 1.60. The zero-order valence-corrected chi connectivity index (χ0v) is 16.8. The fraction of sp³-hybridized carbons (Fsp3) is 0.550. The van der Waals surface area contributed by atoms with Gasteiger partial charge in [-0.3, -0.25) is 4.79 Å². The third-order valence-corrected chi connectivity index (χ3v) is 5.76. The molecule has 0 bridgehead atoms. The largest absolute Gasteiger partial charge is 0.384 e. The number of benzene rings is 1. The van der Waals surface area contributed by atoms with Gasteiger partial charge in [0.2, 0.25) is 5.89 Å². The monoisotopic (exact) mass is 404 g/mol. The molecule has 7 nitrogen and oxygen atoms in total. The maximum absolute atomic E-state index is 13.1. The third-order valence-electron chi connectivity index (χ3n) is 5.45. The van der Waals surface area contributed by atoms with Crippen molar-refractivity contribution in [2.75, 3.05) is 38.3 Å². The van der Waals surface area contributed by atoms with Crippen LogP contribution in [0.15, 0.2) is 22.7 Å². The summed E-state index contributed by atoms with van der Waals surface area (Å²) in [6, 6.07) is 5.43. The highest BCUT2D eigenvalue weighted by atomic mass is 35.5. The first-order valence-corrected chi connectivity index (χ1v) is 10.2. The highest BCUT2D eigenvalue weighted by molar-refractivity contribution is 6.33. The predicted octanol–water partition coefficient (Wildman–Crippen LogP) is 3.49. The quantitative estimate of drug-likeness (QED) is 0.733. The lowest BCUT2D eigenvalue weighted by molar-refractivity contribution is 0.0710. The number of hydrogen-bond acceptors (Lipinski definition) is 6. The molecule has 1 aromatic carbocycles. The molecule has 150 valence electrons. The number of ether oxygens (including phenoxy) is 1. The summed E-state index contributed by atoms with van der Waals surface area (Å²) in [5, 5.41) is 4.63. The fourth-order valence-corrected chi connectivity index (χ4v) is 4.28. The molecule has 2 aliphatic heterocycles. The Morgan fingerprint density at radius 3 is 2.86 bits per heavy atom. The first-order chi connectivity index (χ1) is 13.7. The van der Waals surface area contributed by atoms with E-state index in [2.05, 4.69) is 15.0 Å². The van der Waals surface area contributed by atoms with E-state index in [0.717, 1.165) is 31.6 Å². The van der Waals surface area contributed by atoms with E-state index in [1.165, 1.54) is 12.8 Å². The molecule has 28 heavy (non-hydrogen) atoms. The van der Waals surface area contributed by atoms with Gasteiger partial charge in [0.05, 0.1) is 17.3 Å². The van der Waals surface area contributed by atoms with Crippen LogP contribution in [0.2, 0.25) is 5.02 Å². The number of amides is 1. The van der Waals surface area contributed by atoms with Gasteiger partial charge in [-0.25, -0.2) is 0 Å². The molecule has 1 aromatic heterocycles. The Labute approximate surface area is 169 Å². The Kier molecular flexibility index (Phi) is 5.82. The van der Waals surface area contributed by atoms with Gasteiger partial charge in [-0.1, -0.05) is 16.8 Å². The third kappa shape index (κ3) is 3.86. The van der Waals surface area contributed by atoms with Gasteiger partial charge in [-0.2, -0.15) is 4.98 Å². The van der Waals surface area contributed by atoms with E-state index in [4.69, 9.17) is 20.9 Å². The lowest BCUT2D eigenvalue weighted by Gasteiger charge is -2.23. The number of carbonyl (C=O) groups is 1. The van der Waals surface area contributed by atoms with Crippen molar-refractivity contribution in [2.45, 2.75) is 38.1 Å². The van der Waals surface area contributed by atoms with Crippen molar-refractivity contribution >= 4 is 23.2 Å². The second kappa shape index (κ2) is 8.49. The number of hydrogen-bond donors (Lipinski definition) is 0. The minimum absolute atomic E-state index is 0.0472. The molecule has 0 aliphatic carbocycles. The minimum Gasteiger partial charge on any atom is -0.384 e. The molecule has 2 saturated heterocycles. The second-order valence-corrected chi connectivity index (χ2v) is 7.72. The number of nitrogens with zero attached hydrogens (tertiary/aromatic N) is 4. The SMILES string of the molecule is COCCc1noc([C@@H]2CCCN2C(=O)c2ccc(N3CCCC3)c(Cl)c2)n1.